The van der Waals surface area contributed by atoms with Crippen LogP contribution in [-0.2, 0) is 11.3 Å². The van der Waals surface area contributed by atoms with E-state index < -0.39 is 11.5 Å². The molecule has 30 heavy (non-hydrogen) atoms. The zero-order chi connectivity index (χ0) is 21.3. The van der Waals surface area contributed by atoms with Gasteiger partial charge in [-0.05, 0) is 19.1 Å². The highest BCUT2D eigenvalue weighted by atomic mass is 16.6. The SMILES string of the molecule is CCOC(=O)c1oc2c(c1OC)c(=O)n(CC(=O)c1ccccc1)c1ccccc21. The molecule has 152 valence electrons. The average molecular weight is 405 g/mol. The standard InChI is InChI=1S/C23H19NO6/c1-3-29-23(27)21-20(28-2)18-19(30-21)15-11-7-8-12-16(15)24(22(18)26)13-17(25)14-9-5-4-6-10-14/h4-12H,3,13H2,1-2H3. The highest BCUT2D eigenvalue weighted by Crippen LogP contribution is 2.35. The second-order valence-electron chi connectivity index (χ2n) is 6.59. The van der Waals surface area contributed by atoms with Gasteiger partial charge in [-0.15, -0.1) is 0 Å². The number of fused-ring (bicyclic) bond motifs is 3. The minimum atomic E-state index is -0.721. The fourth-order valence-electron chi connectivity index (χ4n) is 3.49. The molecule has 0 saturated carbocycles. The Hall–Kier alpha value is -3.87. The molecule has 2 aromatic heterocycles. The summed E-state index contributed by atoms with van der Waals surface area (Å²) in [5, 5.41) is 0.682. The van der Waals surface area contributed by atoms with Crippen LogP contribution in [0.4, 0.5) is 0 Å². The van der Waals surface area contributed by atoms with Gasteiger partial charge in [0.25, 0.3) is 11.3 Å². The van der Waals surface area contributed by atoms with E-state index >= 15 is 0 Å². The van der Waals surface area contributed by atoms with Gasteiger partial charge < -0.3 is 13.9 Å². The molecule has 4 aromatic rings. The maximum absolute atomic E-state index is 13.4. The number of esters is 1. The van der Waals surface area contributed by atoms with Gasteiger partial charge in [-0.1, -0.05) is 42.5 Å². The van der Waals surface area contributed by atoms with Crippen LogP contribution in [-0.4, -0.2) is 30.0 Å². The lowest BCUT2D eigenvalue weighted by atomic mass is 10.1. The third-order valence-corrected chi connectivity index (χ3v) is 4.83. The van der Waals surface area contributed by atoms with Crippen molar-refractivity contribution < 1.29 is 23.5 Å². The zero-order valence-electron chi connectivity index (χ0n) is 16.5. The third kappa shape index (κ3) is 3.14. The maximum Gasteiger partial charge on any atom is 0.378 e. The van der Waals surface area contributed by atoms with Gasteiger partial charge in [-0.3, -0.25) is 14.2 Å². The van der Waals surface area contributed by atoms with E-state index in [1.54, 1.807) is 55.5 Å². The number of hydrogen-bond donors (Lipinski definition) is 0. The molecule has 0 atom stereocenters. The van der Waals surface area contributed by atoms with Crippen LogP contribution >= 0.6 is 0 Å². The molecule has 0 saturated heterocycles. The summed E-state index contributed by atoms with van der Waals surface area (Å²) in [6.45, 7) is 1.66. The molecule has 0 unspecified atom stereocenters. The highest BCUT2D eigenvalue weighted by molar-refractivity contribution is 6.09. The summed E-state index contributed by atoms with van der Waals surface area (Å²) in [7, 11) is 1.35. The van der Waals surface area contributed by atoms with Gasteiger partial charge in [0.05, 0.1) is 25.8 Å². The summed E-state index contributed by atoms with van der Waals surface area (Å²) in [5.74, 6) is -1.11. The topological polar surface area (TPSA) is 87.7 Å². The van der Waals surface area contributed by atoms with E-state index in [9.17, 15) is 14.4 Å². The number of Topliss-reactive ketones (excluding diaryl/α,β-unsaturated/α-hetero) is 1. The van der Waals surface area contributed by atoms with Crippen LogP contribution in [0.5, 0.6) is 5.75 Å². The first-order valence-corrected chi connectivity index (χ1v) is 9.44. The summed E-state index contributed by atoms with van der Waals surface area (Å²) in [4.78, 5) is 38.5. The number of methoxy groups -OCH3 is 1. The van der Waals surface area contributed by atoms with Crippen molar-refractivity contribution >= 4 is 33.6 Å². The van der Waals surface area contributed by atoms with Gasteiger partial charge in [0.1, 0.15) is 5.39 Å². The maximum atomic E-state index is 13.4. The smallest absolute Gasteiger partial charge is 0.378 e. The molecule has 0 N–H and O–H groups in total. The van der Waals surface area contributed by atoms with E-state index in [2.05, 4.69) is 0 Å². The van der Waals surface area contributed by atoms with E-state index in [1.165, 1.54) is 11.7 Å². The second-order valence-corrected chi connectivity index (χ2v) is 6.59. The summed E-state index contributed by atoms with van der Waals surface area (Å²) >= 11 is 0. The summed E-state index contributed by atoms with van der Waals surface area (Å²) in [6.07, 6.45) is 0. The number of furan rings is 1. The molecule has 0 aliphatic carbocycles. The molecule has 0 spiro atoms. The molecule has 0 bridgehead atoms. The van der Waals surface area contributed by atoms with Gasteiger partial charge in [0, 0.05) is 10.9 Å². The molecule has 7 heteroatoms. The van der Waals surface area contributed by atoms with Crippen molar-refractivity contribution in [1.82, 2.24) is 4.57 Å². The first kappa shape index (κ1) is 19.4. The van der Waals surface area contributed by atoms with E-state index in [0.717, 1.165) is 0 Å². The number of carbonyl (C=O) groups is 2. The van der Waals surface area contributed by atoms with Crippen LogP contribution in [0.1, 0.15) is 27.8 Å². The lowest BCUT2D eigenvalue weighted by Gasteiger charge is -2.10. The van der Waals surface area contributed by atoms with Crippen molar-refractivity contribution in [1.29, 1.82) is 0 Å². The number of benzene rings is 2. The van der Waals surface area contributed by atoms with Crippen molar-refractivity contribution in [2.75, 3.05) is 13.7 Å². The van der Waals surface area contributed by atoms with Crippen LogP contribution in [0.25, 0.3) is 21.9 Å². The quantitative estimate of drug-likeness (QED) is 0.358. The van der Waals surface area contributed by atoms with E-state index in [1.807, 2.05) is 6.07 Å². The number of ether oxygens (including phenoxy) is 2. The highest BCUT2D eigenvalue weighted by Gasteiger charge is 2.28. The van der Waals surface area contributed by atoms with Crippen LogP contribution in [0.3, 0.4) is 0 Å². The van der Waals surface area contributed by atoms with E-state index in [0.29, 0.717) is 16.5 Å². The average Bonchev–Trinajstić information content (AvgIpc) is 3.17. The lowest BCUT2D eigenvalue weighted by Crippen LogP contribution is -2.25. The predicted molar refractivity (Wildman–Crippen MR) is 111 cm³/mol. The molecule has 0 radical (unpaired) electrons. The number of rotatable bonds is 6. The summed E-state index contributed by atoms with van der Waals surface area (Å²) < 4.78 is 17.5. The Morgan fingerprint density at radius 3 is 2.43 bits per heavy atom. The Balaban J connectivity index is 1.98. The zero-order valence-corrected chi connectivity index (χ0v) is 16.5. The van der Waals surface area contributed by atoms with Crippen LogP contribution < -0.4 is 10.3 Å². The van der Waals surface area contributed by atoms with Crippen molar-refractivity contribution in [3.05, 3.63) is 76.3 Å². The molecule has 2 heterocycles. The number of pyridine rings is 1. The molecule has 0 aliphatic heterocycles. The molecular weight excluding hydrogens is 386 g/mol. The largest absolute Gasteiger partial charge is 0.492 e. The number of ketones is 1. The third-order valence-electron chi connectivity index (χ3n) is 4.83. The minimum Gasteiger partial charge on any atom is -0.492 e. The van der Waals surface area contributed by atoms with Gasteiger partial charge in [-0.25, -0.2) is 4.79 Å². The first-order chi connectivity index (χ1) is 14.6. The molecule has 0 fully saturated rings. The predicted octanol–water partition coefficient (Wildman–Crippen LogP) is 3.82. The Kier molecular flexibility index (Phi) is 5.10. The normalized spacial score (nSPS) is 11.0. The Morgan fingerprint density at radius 1 is 1.03 bits per heavy atom. The second kappa shape index (κ2) is 7.87. The molecule has 2 aromatic carbocycles. The van der Waals surface area contributed by atoms with Crippen LogP contribution in [0.2, 0.25) is 0 Å². The number of para-hydroxylation sites is 1. The van der Waals surface area contributed by atoms with Crippen molar-refractivity contribution in [2.24, 2.45) is 0 Å². The molecule has 7 nitrogen and oxygen atoms in total. The van der Waals surface area contributed by atoms with Gasteiger partial charge in [0.15, 0.2) is 17.1 Å². The Labute approximate surface area is 171 Å². The monoisotopic (exact) mass is 405 g/mol. The lowest BCUT2D eigenvalue weighted by molar-refractivity contribution is 0.0488. The summed E-state index contributed by atoms with van der Waals surface area (Å²) in [5.41, 5.74) is 0.758. The number of nitrogens with zero attached hydrogens (tertiary/aromatic N) is 1. The van der Waals surface area contributed by atoms with Gasteiger partial charge in [-0.2, -0.15) is 0 Å². The van der Waals surface area contributed by atoms with Crippen molar-refractivity contribution in [2.45, 2.75) is 13.5 Å². The van der Waals surface area contributed by atoms with Crippen molar-refractivity contribution in [3.8, 4) is 5.75 Å². The van der Waals surface area contributed by atoms with Crippen LogP contribution in [0, 0.1) is 0 Å². The van der Waals surface area contributed by atoms with Gasteiger partial charge in [0.2, 0.25) is 0 Å². The molecule has 4 rings (SSSR count). The fourth-order valence-corrected chi connectivity index (χ4v) is 3.49. The van der Waals surface area contributed by atoms with E-state index in [-0.39, 0.29) is 41.4 Å². The Morgan fingerprint density at radius 2 is 1.73 bits per heavy atom. The number of aromatic nitrogens is 1. The van der Waals surface area contributed by atoms with Gasteiger partial charge >= 0.3 is 5.97 Å². The van der Waals surface area contributed by atoms with Crippen molar-refractivity contribution in [3.63, 3.8) is 0 Å². The summed E-state index contributed by atoms with van der Waals surface area (Å²) in [6, 6.07) is 15.8. The minimum absolute atomic E-state index is 0.000105. The molecule has 0 aliphatic rings. The fraction of sp³-hybridized carbons (Fsp3) is 0.174. The molecular formula is C23H19NO6. The van der Waals surface area contributed by atoms with E-state index in [4.69, 9.17) is 13.9 Å². The Bertz CT molecular complexity index is 1320. The molecule has 0 amide bonds. The first-order valence-electron chi connectivity index (χ1n) is 9.44. The number of hydrogen-bond acceptors (Lipinski definition) is 6. The van der Waals surface area contributed by atoms with Crippen LogP contribution in [0.15, 0.2) is 63.8 Å². The number of carbonyl (C=O) groups excluding carboxylic acids is 2.